The second-order valence-corrected chi connectivity index (χ2v) is 6.93. The molecular weight excluding hydrogens is 303 g/mol. The van der Waals surface area contributed by atoms with Gasteiger partial charge in [0.15, 0.2) is 0 Å². The summed E-state index contributed by atoms with van der Waals surface area (Å²) in [5.41, 5.74) is 1.12. The lowest BCUT2D eigenvalue weighted by molar-refractivity contribution is 0.296. The molecule has 0 spiro atoms. The fraction of sp³-hybridized carbons (Fsp3) is 0.647. The maximum atomic E-state index is 6.39. The number of benzene rings is 1. The molecular formula is C17H26Cl2N2. The van der Waals surface area contributed by atoms with Crippen LogP contribution in [-0.4, -0.2) is 31.6 Å². The average molecular weight is 329 g/mol. The Balaban J connectivity index is 1.97. The molecule has 0 radical (unpaired) electrons. The molecule has 0 amide bonds. The Hall–Kier alpha value is -0.280. The van der Waals surface area contributed by atoms with Gasteiger partial charge in [0.2, 0.25) is 0 Å². The number of halogens is 2. The second-order valence-electron chi connectivity index (χ2n) is 6.14. The zero-order valence-electron chi connectivity index (χ0n) is 13.0. The van der Waals surface area contributed by atoms with E-state index in [1.54, 1.807) is 0 Å². The summed E-state index contributed by atoms with van der Waals surface area (Å²) in [6.07, 6.45) is 4.99. The molecule has 2 rings (SSSR count). The lowest BCUT2D eigenvalue weighted by Gasteiger charge is -2.24. The van der Waals surface area contributed by atoms with Crippen molar-refractivity contribution in [2.24, 2.45) is 5.92 Å². The molecule has 1 aromatic carbocycles. The van der Waals surface area contributed by atoms with Crippen molar-refractivity contribution in [2.75, 3.05) is 26.7 Å². The van der Waals surface area contributed by atoms with Crippen molar-refractivity contribution in [1.82, 2.24) is 10.2 Å². The van der Waals surface area contributed by atoms with Crippen LogP contribution in [0, 0.1) is 5.92 Å². The first-order valence-electron chi connectivity index (χ1n) is 7.97. The van der Waals surface area contributed by atoms with E-state index in [-0.39, 0.29) is 6.04 Å². The van der Waals surface area contributed by atoms with Crippen molar-refractivity contribution in [2.45, 2.75) is 38.6 Å². The van der Waals surface area contributed by atoms with Crippen LogP contribution in [0.25, 0.3) is 0 Å². The summed E-state index contributed by atoms with van der Waals surface area (Å²) in [4.78, 5) is 2.44. The van der Waals surface area contributed by atoms with Gasteiger partial charge < -0.3 is 10.2 Å². The molecule has 1 aliphatic rings. The summed E-state index contributed by atoms with van der Waals surface area (Å²) in [7, 11) is 2.22. The van der Waals surface area contributed by atoms with Gasteiger partial charge in [0, 0.05) is 12.6 Å². The van der Waals surface area contributed by atoms with Crippen molar-refractivity contribution in [3.8, 4) is 0 Å². The predicted octanol–water partition coefficient (Wildman–Crippen LogP) is 4.77. The zero-order chi connectivity index (χ0) is 15.2. The topological polar surface area (TPSA) is 15.3 Å². The molecule has 0 aliphatic heterocycles. The molecule has 1 fully saturated rings. The Labute approximate surface area is 138 Å². The highest BCUT2D eigenvalue weighted by atomic mass is 35.5. The molecule has 0 saturated heterocycles. The molecule has 1 aromatic rings. The van der Waals surface area contributed by atoms with E-state index in [0.717, 1.165) is 37.4 Å². The van der Waals surface area contributed by atoms with Crippen LogP contribution in [0.4, 0.5) is 0 Å². The molecule has 1 unspecified atom stereocenters. The van der Waals surface area contributed by atoms with E-state index >= 15 is 0 Å². The lowest BCUT2D eigenvalue weighted by Crippen LogP contribution is -2.29. The van der Waals surface area contributed by atoms with E-state index in [1.165, 1.54) is 19.4 Å². The van der Waals surface area contributed by atoms with Gasteiger partial charge in [-0.05, 0) is 63.4 Å². The third-order valence-corrected chi connectivity index (χ3v) is 4.90. The van der Waals surface area contributed by atoms with E-state index in [2.05, 4.69) is 30.3 Å². The number of nitrogens with one attached hydrogen (secondary N) is 1. The molecule has 1 saturated carbocycles. The van der Waals surface area contributed by atoms with Gasteiger partial charge in [0.1, 0.15) is 0 Å². The van der Waals surface area contributed by atoms with Crippen molar-refractivity contribution in [3.63, 3.8) is 0 Å². The minimum absolute atomic E-state index is 0.276. The Morgan fingerprint density at radius 3 is 2.76 bits per heavy atom. The highest BCUT2D eigenvalue weighted by Gasteiger charge is 2.23. The Morgan fingerprint density at radius 1 is 1.33 bits per heavy atom. The Morgan fingerprint density at radius 2 is 2.10 bits per heavy atom. The smallest absolute Gasteiger partial charge is 0.0640 e. The van der Waals surface area contributed by atoms with Gasteiger partial charge in [-0.15, -0.1) is 0 Å². The monoisotopic (exact) mass is 328 g/mol. The normalized spacial score (nSPS) is 16.4. The molecule has 2 nitrogen and oxygen atoms in total. The molecule has 0 aromatic heterocycles. The fourth-order valence-electron chi connectivity index (χ4n) is 2.66. The van der Waals surface area contributed by atoms with Crippen LogP contribution in [-0.2, 0) is 0 Å². The maximum Gasteiger partial charge on any atom is 0.0640 e. The third-order valence-electron chi connectivity index (χ3n) is 4.06. The van der Waals surface area contributed by atoms with Crippen LogP contribution in [0.1, 0.15) is 44.2 Å². The summed E-state index contributed by atoms with van der Waals surface area (Å²) in [6, 6.07) is 6.20. The van der Waals surface area contributed by atoms with Gasteiger partial charge in [-0.1, -0.05) is 42.3 Å². The highest BCUT2D eigenvalue weighted by molar-refractivity contribution is 6.42. The predicted molar refractivity (Wildman–Crippen MR) is 92.3 cm³/mol. The average Bonchev–Trinajstić information content (AvgIpc) is 3.26. The molecule has 0 bridgehead atoms. The summed E-state index contributed by atoms with van der Waals surface area (Å²) in [5.74, 6) is 0.937. The summed E-state index contributed by atoms with van der Waals surface area (Å²) in [5, 5.41) is 4.94. The van der Waals surface area contributed by atoms with Crippen molar-refractivity contribution < 1.29 is 0 Å². The number of hydrogen-bond donors (Lipinski definition) is 1. The van der Waals surface area contributed by atoms with E-state index in [1.807, 2.05) is 12.1 Å². The van der Waals surface area contributed by atoms with Gasteiger partial charge in [-0.25, -0.2) is 0 Å². The van der Waals surface area contributed by atoms with Crippen LogP contribution in [0.3, 0.4) is 0 Å². The molecule has 1 N–H and O–H groups in total. The van der Waals surface area contributed by atoms with Gasteiger partial charge in [0.25, 0.3) is 0 Å². The molecule has 21 heavy (non-hydrogen) atoms. The molecule has 1 aliphatic carbocycles. The van der Waals surface area contributed by atoms with E-state index in [0.29, 0.717) is 10.0 Å². The fourth-order valence-corrected chi connectivity index (χ4v) is 3.10. The first-order chi connectivity index (χ1) is 10.1. The summed E-state index contributed by atoms with van der Waals surface area (Å²) >= 11 is 12.6. The Bertz CT molecular complexity index is 446. The molecule has 4 heteroatoms. The van der Waals surface area contributed by atoms with Crippen molar-refractivity contribution in [3.05, 3.63) is 33.8 Å². The van der Waals surface area contributed by atoms with Gasteiger partial charge in [-0.2, -0.15) is 0 Å². The Kier molecular flexibility index (Phi) is 6.81. The first kappa shape index (κ1) is 17.1. The number of hydrogen-bond acceptors (Lipinski definition) is 2. The van der Waals surface area contributed by atoms with Gasteiger partial charge >= 0.3 is 0 Å². The quantitative estimate of drug-likeness (QED) is 0.702. The number of nitrogens with zero attached hydrogens (tertiary/aromatic N) is 1. The maximum absolute atomic E-state index is 6.39. The third kappa shape index (κ3) is 5.45. The van der Waals surface area contributed by atoms with Crippen LogP contribution in [0.2, 0.25) is 10.0 Å². The lowest BCUT2D eigenvalue weighted by atomic mass is 10.0. The molecule has 1 atom stereocenters. The first-order valence-corrected chi connectivity index (χ1v) is 8.73. The largest absolute Gasteiger partial charge is 0.310 e. The molecule has 118 valence electrons. The number of rotatable bonds is 9. The minimum Gasteiger partial charge on any atom is -0.310 e. The van der Waals surface area contributed by atoms with Gasteiger partial charge in [-0.3, -0.25) is 0 Å². The van der Waals surface area contributed by atoms with Crippen LogP contribution >= 0.6 is 23.2 Å². The standard InChI is InChI=1S/C17H26Cl2N2/c1-3-10-20-16(9-11-21(2)12-13-7-8-13)14-5-4-6-15(18)17(14)19/h4-6,13,16,20H,3,7-12H2,1-2H3. The SMILES string of the molecule is CCCNC(CCN(C)CC1CC1)c1cccc(Cl)c1Cl. The van der Waals surface area contributed by atoms with E-state index in [4.69, 9.17) is 23.2 Å². The minimum atomic E-state index is 0.276. The van der Waals surface area contributed by atoms with E-state index < -0.39 is 0 Å². The van der Waals surface area contributed by atoms with Crippen molar-refractivity contribution in [1.29, 1.82) is 0 Å². The van der Waals surface area contributed by atoms with Crippen LogP contribution < -0.4 is 5.32 Å². The van der Waals surface area contributed by atoms with Crippen LogP contribution in [0.15, 0.2) is 18.2 Å². The van der Waals surface area contributed by atoms with Crippen molar-refractivity contribution >= 4 is 23.2 Å². The van der Waals surface area contributed by atoms with Crippen LogP contribution in [0.5, 0.6) is 0 Å². The van der Waals surface area contributed by atoms with E-state index in [9.17, 15) is 0 Å². The summed E-state index contributed by atoms with van der Waals surface area (Å²) in [6.45, 7) is 5.49. The van der Waals surface area contributed by atoms with Gasteiger partial charge in [0.05, 0.1) is 10.0 Å². The second kappa shape index (κ2) is 8.38. The molecule has 0 heterocycles. The zero-order valence-corrected chi connectivity index (χ0v) is 14.6. The summed E-state index contributed by atoms with van der Waals surface area (Å²) < 4.78 is 0. The highest BCUT2D eigenvalue weighted by Crippen LogP contribution is 2.32.